The Hall–Kier alpha value is -2.14. The number of nitrogens with one attached hydrogen (secondary N) is 2. The van der Waals surface area contributed by atoms with Crippen molar-refractivity contribution in [3.8, 4) is 5.69 Å². The average Bonchev–Trinajstić information content (AvgIpc) is 3.16. The number of aromatic nitrogens is 2. The Labute approximate surface area is 124 Å². The standard InChI is InChI=1S/C16H20N4O/c1-16(8-5-9-18-16)12-17-15(21)13-10-19-20(11-13)14-6-3-2-4-7-14/h2-4,6-7,10-11,18H,5,8-9,12H2,1H3,(H,17,21). The summed E-state index contributed by atoms with van der Waals surface area (Å²) in [5.74, 6) is -0.0768. The molecule has 5 heteroatoms. The van der Waals surface area contributed by atoms with Crippen LogP contribution in [0.25, 0.3) is 5.69 Å². The summed E-state index contributed by atoms with van der Waals surface area (Å²) in [5.41, 5.74) is 1.55. The van der Waals surface area contributed by atoms with Crippen molar-refractivity contribution in [1.82, 2.24) is 20.4 Å². The lowest BCUT2D eigenvalue weighted by Gasteiger charge is -2.24. The van der Waals surface area contributed by atoms with E-state index >= 15 is 0 Å². The van der Waals surface area contributed by atoms with Crippen LogP contribution in [-0.4, -0.2) is 34.3 Å². The molecule has 1 unspecified atom stereocenters. The highest BCUT2D eigenvalue weighted by Crippen LogP contribution is 2.17. The lowest BCUT2D eigenvalue weighted by Crippen LogP contribution is -2.47. The van der Waals surface area contributed by atoms with E-state index in [1.807, 2.05) is 30.3 Å². The fraction of sp³-hybridized carbons (Fsp3) is 0.375. The van der Waals surface area contributed by atoms with E-state index in [9.17, 15) is 4.79 Å². The van der Waals surface area contributed by atoms with Gasteiger partial charge < -0.3 is 10.6 Å². The van der Waals surface area contributed by atoms with E-state index in [0.717, 1.165) is 25.1 Å². The summed E-state index contributed by atoms with van der Waals surface area (Å²) >= 11 is 0. The third-order valence-electron chi connectivity index (χ3n) is 3.96. The minimum absolute atomic E-state index is 0.0189. The first-order valence-corrected chi connectivity index (χ1v) is 7.30. The van der Waals surface area contributed by atoms with E-state index in [1.54, 1.807) is 17.1 Å². The summed E-state index contributed by atoms with van der Waals surface area (Å²) in [6.45, 7) is 3.81. The number of hydrogen-bond acceptors (Lipinski definition) is 3. The van der Waals surface area contributed by atoms with Gasteiger partial charge in [0.1, 0.15) is 0 Å². The molecule has 2 aromatic rings. The Kier molecular flexibility index (Phi) is 3.75. The van der Waals surface area contributed by atoms with Crippen LogP contribution in [0.1, 0.15) is 30.1 Å². The fourth-order valence-electron chi connectivity index (χ4n) is 2.65. The smallest absolute Gasteiger partial charge is 0.254 e. The summed E-state index contributed by atoms with van der Waals surface area (Å²) in [6, 6.07) is 9.76. The molecule has 3 rings (SSSR count). The van der Waals surface area contributed by atoms with Gasteiger partial charge >= 0.3 is 0 Å². The van der Waals surface area contributed by atoms with E-state index in [1.165, 1.54) is 0 Å². The molecule has 0 radical (unpaired) electrons. The molecule has 2 heterocycles. The molecule has 1 aromatic heterocycles. The van der Waals surface area contributed by atoms with Crippen molar-refractivity contribution in [2.24, 2.45) is 0 Å². The Bertz CT molecular complexity index is 614. The normalized spacial score (nSPS) is 21.4. The molecule has 5 nitrogen and oxygen atoms in total. The zero-order valence-electron chi connectivity index (χ0n) is 12.2. The third-order valence-corrected chi connectivity index (χ3v) is 3.96. The topological polar surface area (TPSA) is 59.0 Å². The predicted molar refractivity (Wildman–Crippen MR) is 81.5 cm³/mol. The molecule has 1 fully saturated rings. The molecule has 0 aliphatic carbocycles. The van der Waals surface area contributed by atoms with Crippen molar-refractivity contribution >= 4 is 5.91 Å². The minimum atomic E-state index is -0.0768. The van der Waals surface area contributed by atoms with Gasteiger partial charge in [-0.15, -0.1) is 0 Å². The first-order chi connectivity index (χ1) is 10.2. The summed E-state index contributed by atoms with van der Waals surface area (Å²) in [6.07, 6.45) is 5.62. The lowest BCUT2D eigenvalue weighted by atomic mass is 10.0. The van der Waals surface area contributed by atoms with Crippen LogP contribution in [0, 0.1) is 0 Å². The first kappa shape index (κ1) is 13.8. The van der Waals surface area contributed by atoms with Gasteiger partial charge in [0.15, 0.2) is 0 Å². The van der Waals surface area contributed by atoms with Crippen LogP contribution >= 0.6 is 0 Å². The summed E-state index contributed by atoms with van der Waals surface area (Å²) < 4.78 is 1.71. The van der Waals surface area contributed by atoms with Crippen molar-refractivity contribution in [1.29, 1.82) is 0 Å². The molecular weight excluding hydrogens is 264 g/mol. The van der Waals surface area contributed by atoms with Crippen LogP contribution in [0.4, 0.5) is 0 Å². The highest BCUT2D eigenvalue weighted by Gasteiger charge is 2.28. The minimum Gasteiger partial charge on any atom is -0.350 e. The number of nitrogens with zero attached hydrogens (tertiary/aromatic N) is 2. The van der Waals surface area contributed by atoms with Gasteiger partial charge in [-0.2, -0.15) is 5.10 Å². The van der Waals surface area contributed by atoms with E-state index in [0.29, 0.717) is 12.1 Å². The summed E-state index contributed by atoms with van der Waals surface area (Å²) in [7, 11) is 0. The van der Waals surface area contributed by atoms with Crippen LogP contribution < -0.4 is 10.6 Å². The van der Waals surface area contributed by atoms with Gasteiger partial charge in [0.2, 0.25) is 0 Å². The largest absolute Gasteiger partial charge is 0.350 e. The molecule has 1 aliphatic rings. The molecule has 1 aromatic carbocycles. The van der Waals surface area contributed by atoms with E-state index in [2.05, 4.69) is 22.7 Å². The number of rotatable bonds is 4. The van der Waals surface area contributed by atoms with Gasteiger partial charge in [0, 0.05) is 18.3 Å². The number of carbonyl (C=O) groups excluding carboxylic acids is 1. The molecule has 1 aliphatic heterocycles. The Morgan fingerprint density at radius 3 is 2.95 bits per heavy atom. The SMILES string of the molecule is CC1(CNC(=O)c2cnn(-c3ccccc3)c2)CCCN1. The maximum Gasteiger partial charge on any atom is 0.254 e. The molecule has 0 bridgehead atoms. The highest BCUT2D eigenvalue weighted by molar-refractivity contribution is 5.93. The first-order valence-electron chi connectivity index (χ1n) is 7.30. The van der Waals surface area contributed by atoms with E-state index < -0.39 is 0 Å². The molecule has 1 saturated heterocycles. The lowest BCUT2D eigenvalue weighted by molar-refractivity contribution is 0.0942. The molecule has 0 saturated carbocycles. The second-order valence-electron chi connectivity index (χ2n) is 5.78. The van der Waals surface area contributed by atoms with Crippen molar-refractivity contribution < 1.29 is 4.79 Å². The second kappa shape index (κ2) is 5.69. The molecule has 0 spiro atoms. The van der Waals surface area contributed by atoms with Crippen molar-refractivity contribution in [3.63, 3.8) is 0 Å². The highest BCUT2D eigenvalue weighted by atomic mass is 16.1. The van der Waals surface area contributed by atoms with Crippen LogP contribution in [-0.2, 0) is 0 Å². The van der Waals surface area contributed by atoms with Crippen LogP contribution in [0.3, 0.4) is 0 Å². The molecule has 1 amide bonds. The molecule has 110 valence electrons. The molecule has 21 heavy (non-hydrogen) atoms. The second-order valence-corrected chi connectivity index (χ2v) is 5.78. The Balaban J connectivity index is 1.64. The number of para-hydroxylation sites is 1. The van der Waals surface area contributed by atoms with Crippen molar-refractivity contribution in [3.05, 3.63) is 48.3 Å². The number of benzene rings is 1. The van der Waals surface area contributed by atoms with Crippen LogP contribution in [0.15, 0.2) is 42.7 Å². The van der Waals surface area contributed by atoms with Gasteiger partial charge in [0.25, 0.3) is 5.91 Å². The van der Waals surface area contributed by atoms with Crippen molar-refractivity contribution in [2.75, 3.05) is 13.1 Å². The van der Waals surface area contributed by atoms with Gasteiger partial charge in [0.05, 0.1) is 17.4 Å². The summed E-state index contributed by atoms with van der Waals surface area (Å²) in [5, 5.41) is 10.7. The zero-order chi connectivity index (χ0) is 14.7. The maximum atomic E-state index is 12.2. The van der Waals surface area contributed by atoms with E-state index in [-0.39, 0.29) is 11.4 Å². The zero-order valence-corrected chi connectivity index (χ0v) is 12.2. The maximum absolute atomic E-state index is 12.2. The Morgan fingerprint density at radius 2 is 2.24 bits per heavy atom. The number of amides is 1. The Morgan fingerprint density at radius 1 is 1.43 bits per heavy atom. The predicted octanol–water partition coefficient (Wildman–Crippen LogP) is 1.74. The van der Waals surface area contributed by atoms with Gasteiger partial charge in [-0.25, -0.2) is 4.68 Å². The average molecular weight is 284 g/mol. The summed E-state index contributed by atoms with van der Waals surface area (Å²) in [4.78, 5) is 12.2. The van der Waals surface area contributed by atoms with E-state index in [4.69, 9.17) is 0 Å². The third kappa shape index (κ3) is 3.13. The van der Waals surface area contributed by atoms with Crippen LogP contribution in [0.5, 0.6) is 0 Å². The number of carbonyl (C=O) groups is 1. The van der Waals surface area contributed by atoms with Gasteiger partial charge in [-0.3, -0.25) is 4.79 Å². The molecule has 1 atom stereocenters. The fourth-order valence-corrected chi connectivity index (χ4v) is 2.65. The molecular formula is C16H20N4O. The van der Waals surface area contributed by atoms with Gasteiger partial charge in [-0.1, -0.05) is 18.2 Å². The monoisotopic (exact) mass is 284 g/mol. The van der Waals surface area contributed by atoms with Crippen LogP contribution in [0.2, 0.25) is 0 Å². The number of hydrogen-bond donors (Lipinski definition) is 2. The quantitative estimate of drug-likeness (QED) is 0.899. The molecule has 2 N–H and O–H groups in total. The van der Waals surface area contributed by atoms with Crippen molar-refractivity contribution in [2.45, 2.75) is 25.3 Å². The van der Waals surface area contributed by atoms with Gasteiger partial charge in [-0.05, 0) is 38.4 Å².